The molecule has 0 amide bonds. The van der Waals surface area contributed by atoms with E-state index < -0.39 is 6.04 Å². The molecule has 1 rings (SSSR count). The number of rotatable bonds is 2. The van der Waals surface area contributed by atoms with E-state index >= 15 is 0 Å². The fourth-order valence-electron chi connectivity index (χ4n) is 0.927. The highest BCUT2D eigenvalue weighted by Gasteiger charge is 2.09. The van der Waals surface area contributed by atoms with Crippen molar-refractivity contribution in [2.45, 2.75) is 13.0 Å². The smallest absolute Gasteiger partial charge is 0.122 e. The first-order valence-electron chi connectivity index (χ1n) is 3.46. The van der Waals surface area contributed by atoms with Crippen molar-refractivity contribution in [1.82, 2.24) is 0 Å². The monoisotopic (exact) mass is 185 g/mol. The zero-order chi connectivity index (χ0) is 9.14. The molecule has 0 bridgehead atoms. The summed E-state index contributed by atoms with van der Waals surface area (Å²) in [7, 11) is 0. The zero-order valence-electron chi connectivity index (χ0n) is 6.49. The van der Waals surface area contributed by atoms with Gasteiger partial charge in [-0.05, 0) is 19.1 Å². The van der Waals surface area contributed by atoms with E-state index in [1.807, 2.05) is 0 Å². The van der Waals surface area contributed by atoms with Gasteiger partial charge in [-0.3, -0.25) is 0 Å². The van der Waals surface area contributed by atoms with Gasteiger partial charge in [0.1, 0.15) is 11.8 Å². The molecular weight excluding hydrogens is 178 g/mol. The number of halogens is 1. The van der Waals surface area contributed by atoms with Gasteiger partial charge in [0, 0.05) is 10.6 Å². The Hall–Kier alpha value is -1.09. The van der Waals surface area contributed by atoms with Crippen LogP contribution in [0, 0.1) is 4.91 Å². The first-order valence-corrected chi connectivity index (χ1v) is 3.84. The van der Waals surface area contributed by atoms with Crippen LogP contribution in [-0.4, -0.2) is 5.11 Å². The van der Waals surface area contributed by atoms with Crippen LogP contribution in [0.1, 0.15) is 18.5 Å². The summed E-state index contributed by atoms with van der Waals surface area (Å²) < 4.78 is 0. The predicted molar refractivity (Wildman–Crippen MR) is 47.3 cm³/mol. The summed E-state index contributed by atoms with van der Waals surface area (Å²) in [6.45, 7) is 1.61. The van der Waals surface area contributed by atoms with Crippen LogP contribution in [0.5, 0.6) is 5.75 Å². The molecule has 0 fully saturated rings. The lowest BCUT2D eigenvalue weighted by atomic mass is 10.1. The second-order valence-electron chi connectivity index (χ2n) is 2.48. The van der Waals surface area contributed by atoms with Gasteiger partial charge in [-0.25, -0.2) is 0 Å². The molecule has 0 spiro atoms. The third-order valence-corrected chi connectivity index (χ3v) is 1.84. The Morgan fingerprint density at radius 3 is 2.75 bits per heavy atom. The van der Waals surface area contributed by atoms with Crippen molar-refractivity contribution < 1.29 is 5.11 Å². The molecule has 0 aliphatic heterocycles. The lowest BCUT2D eigenvalue weighted by Gasteiger charge is -2.05. The molecule has 0 aliphatic carbocycles. The lowest BCUT2D eigenvalue weighted by Crippen LogP contribution is -1.88. The first-order chi connectivity index (χ1) is 5.65. The molecule has 0 radical (unpaired) electrons. The summed E-state index contributed by atoms with van der Waals surface area (Å²) in [5.74, 6) is 0.00889. The van der Waals surface area contributed by atoms with E-state index in [1.54, 1.807) is 19.1 Å². The number of aromatic hydroxyl groups is 1. The molecular formula is C8H8ClNO2. The van der Waals surface area contributed by atoms with E-state index in [-0.39, 0.29) is 5.75 Å². The Morgan fingerprint density at radius 2 is 2.25 bits per heavy atom. The van der Waals surface area contributed by atoms with Crippen LogP contribution in [0.3, 0.4) is 0 Å². The number of benzene rings is 1. The summed E-state index contributed by atoms with van der Waals surface area (Å²) in [6, 6.07) is 4.04. The number of phenolic OH excluding ortho intramolecular Hbond substituents is 1. The molecule has 1 atom stereocenters. The zero-order valence-corrected chi connectivity index (χ0v) is 7.25. The highest BCUT2D eigenvalue weighted by molar-refractivity contribution is 6.30. The van der Waals surface area contributed by atoms with Gasteiger partial charge in [-0.2, -0.15) is 4.91 Å². The standard InChI is InChI=1S/C8H8ClNO2/c1-5(10-12)7-3-2-6(9)4-8(7)11/h2-5,11H,1H3. The minimum atomic E-state index is -0.540. The SMILES string of the molecule is CC(N=O)c1ccc(Cl)cc1O. The van der Waals surface area contributed by atoms with Gasteiger partial charge in [-0.1, -0.05) is 22.8 Å². The van der Waals surface area contributed by atoms with E-state index in [0.29, 0.717) is 10.6 Å². The molecule has 12 heavy (non-hydrogen) atoms. The molecule has 0 saturated heterocycles. The summed E-state index contributed by atoms with van der Waals surface area (Å²) in [5.41, 5.74) is 0.495. The molecule has 0 aliphatic rings. The summed E-state index contributed by atoms with van der Waals surface area (Å²) >= 11 is 5.60. The molecule has 0 saturated carbocycles. The van der Waals surface area contributed by atoms with Gasteiger partial charge >= 0.3 is 0 Å². The van der Waals surface area contributed by atoms with Gasteiger partial charge in [0.2, 0.25) is 0 Å². The Kier molecular flexibility index (Phi) is 2.65. The van der Waals surface area contributed by atoms with Crippen molar-refractivity contribution >= 4 is 11.6 Å². The molecule has 1 N–H and O–H groups in total. The van der Waals surface area contributed by atoms with E-state index in [2.05, 4.69) is 5.18 Å². The van der Waals surface area contributed by atoms with Crippen LogP contribution in [0.4, 0.5) is 0 Å². The van der Waals surface area contributed by atoms with Crippen molar-refractivity contribution in [2.24, 2.45) is 5.18 Å². The van der Waals surface area contributed by atoms with E-state index in [9.17, 15) is 10.0 Å². The average Bonchev–Trinajstić information content (AvgIpc) is 2.03. The number of phenols is 1. The molecule has 0 heterocycles. The topological polar surface area (TPSA) is 49.7 Å². The van der Waals surface area contributed by atoms with E-state index in [0.717, 1.165) is 0 Å². The Morgan fingerprint density at radius 1 is 1.58 bits per heavy atom. The largest absolute Gasteiger partial charge is 0.508 e. The van der Waals surface area contributed by atoms with Crippen LogP contribution in [0.15, 0.2) is 23.4 Å². The van der Waals surface area contributed by atoms with E-state index in [4.69, 9.17) is 11.6 Å². The van der Waals surface area contributed by atoms with Crippen molar-refractivity contribution in [3.63, 3.8) is 0 Å². The lowest BCUT2D eigenvalue weighted by molar-refractivity contribution is 0.464. The maximum Gasteiger partial charge on any atom is 0.122 e. The van der Waals surface area contributed by atoms with Crippen molar-refractivity contribution in [2.75, 3.05) is 0 Å². The molecule has 3 nitrogen and oxygen atoms in total. The molecule has 0 aromatic heterocycles. The van der Waals surface area contributed by atoms with Gasteiger partial charge in [0.15, 0.2) is 0 Å². The summed E-state index contributed by atoms with van der Waals surface area (Å²) in [6.07, 6.45) is 0. The number of hydrogen-bond donors (Lipinski definition) is 1. The Balaban J connectivity index is 3.09. The maximum atomic E-state index is 10.1. The van der Waals surface area contributed by atoms with E-state index in [1.165, 1.54) is 6.07 Å². The summed E-state index contributed by atoms with van der Waals surface area (Å²) in [4.78, 5) is 10.1. The summed E-state index contributed by atoms with van der Waals surface area (Å²) in [5, 5.41) is 12.5. The van der Waals surface area contributed by atoms with Gasteiger partial charge in [0.25, 0.3) is 0 Å². The van der Waals surface area contributed by atoms with Crippen molar-refractivity contribution in [3.05, 3.63) is 33.7 Å². The van der Waals surface area contributed by atoms with Gasteiger partial charge in [0.05, 0.1) is 0 Å². The fraction of sp³-hybridized carbons (Fsp3) is 0.250. The Labute approximate surface area is 75.0 Å². The van der Waals surface area contributed by atoms with Gasteiger partial charge < -0.3 is 5.11 Å². The van der Waals surface area contributed by atoms with Crippen LogP contribution in [0.25, 0.3) is 0 Å². The second kappa shape index (κ2) is 3.54. The number of nitroso groups, excluding NO2 is 1. The van der Waals surface area contributed by atoms with Crippen LogP contribution in [-0.2, 0) is 0 Å². The average molecular weight is 186 g/mol. The molecule has 4 heteroatoms. The van der Waals surface area contributed by atoms with Crippen LogP contribution >= 0.6 is 11.6 Å². The minimum Gasteiger partial charge on any atom is -0.508 e. The van der Waals surface area contributed by atoms with Crippen LogP contribution < -0.4 is 0 Å². The number of hydrogen-bond acceptors (Lipinski definition) is 3. The predicted octanol–water partition coefficient (Wildman–Crippen LogP) is 2.87. The van der Waals surface area contributed by atoms with Crippen molar-refractivity contribution in [1.29, 1.82) is 0 Å². The molecule has 1 aromatic carbocycles. The Bertz CT molecular complexity index is 301. The first kappa shape index (κ1) is 9.00. The highest BCUT2D eigenvalue weighted by Crippen LogP contribution is 2.28. The quantitative estimate of drug-likeness (QED) is 0.721. The fourth-order valence-corrected chi connectivity index (χ4v) is 1.09. The highest BCUT2D eigenvalue weighted by atomic mass is 35.5. The second-order valence-corrected chi connectivity index (χ2v) is 2.92. The molecule has 64 valence electrons. The normalized spacial score (nSPS) is 12.5. The maximum absolute atomic E-state index is 10.1. The molecule has 1 aromatic rings. The minimum absolute atomic E-state index is 0.00889. The number of nitrogens with zero attached hydrogens (tertiary/aromatic N) is 1. The molecule has 1 unspecified atom stereocenters. The third-order valence-electron chi connectivity index (χ3n) is 1.60. The third kappa shape index (κ3) is 1.74. The van der Waals surface area contributed by atoms with Crippen LogP contribution in [0.2, 0.25) is 5.02 Å². The van der Waals surface area contributed by atoms with Gasteiger partial charge in [-0.15, -0.1) is 0 Å². The van der Waals surface area contributed by atoms with Crippen molar-refractivity contribution in [3.8, 4) is 5.75 Å².